The Bertz CT molecular complexity index is 557. The molecule has 0 radical (unpaired) electrons. The number of benzene rings is 1. The maximum absolute atomic E-state index is 11.9. The molecule has 1 aliphatic heterocycles. The van der Waals surface area contributed by atoms with Crippen molar-refractivity contribution in [1.82, 2.24) is 10.2 Å². The van der Waals surface area contributed by atoms with Crippen LogP contribution in [0.1, 0.15) is 24.8 Å². The Morgan fingerprint density at radius 3 is 2.65 bits per heavy atom. The van der Waals surface area contributed by atoms with Crippen LogP contribution in [0, 0.1) is 0 Å². The van der Waals surface area contributed by atoms with Crippen LogP contribution in [0.25, 0.3) is 6.08 Å². The molecule has 0 aromatic heterocycles. The Morgan fingerprint density at radius 1 is 1.26 bits per heavy atom. The van der Waals surface area contributed by atoms with Crippen molar-refractivity contribution in [2.24, 2.45) is 0 Å². The fraction of sp³-hybridized carbons (Fsp3) is 0.444. The monoisotopic (exact) mass is 316 g/mol. The van der Waals surface area contributed by atoms with Gasteiger partial charge in [-0.15, -0.1) is 0 Å². The van der Waals surface area contributed by atoms with E-state index in [4.69, 9.17) is 4.74 Å². The van der Waals surface area contributed by atoms with Gasteiger partial charge in [-0.1, -0.05) is 30.3 Å². The molecule has 5 nitrogen and oxygen atoms in total. The minimum absolute atomic E-state index is 0.0985. The normalized spacial score (nSPS) is 21.5. The van der Waals surface area contributed by atoms with Gasteiger partial charge in [0, 0.05) is 24.7 Å². The van der Waals surface area contributed by atoms with Crippen LogP contribution in [0.2, 0.25) is 0 Å². The third-order valence-electron chi connectivity index (χ3n) is 4.35. The second-order valence-corrected chi connectivity index (χ2v) is 5.82. The van der Waals surface area contributed by atoms with E-state index in [-0.39, 0.29) is 24.0 Å². The van der Waals surface area contributed by atoms with Gasteiger partial charge in [-0.25, -0.2) is 0 Å². The number of carbonyl (C=O) groups is 2. The molecule has 0 saturated carbocycles. The number of nitrogens with one attached hydrogen (secondary N) is 1. The average Bonchev–Trinajstić information content (AvgIpc) is 2.92. The van der Waals surface area contributed by atoms with Crippen LogP contribution in [0.3, 0.4) is 0 Å². The first-order chi connectivity index (χ1) is 11.1. The van der Waals surface area contributed by atoms with Gasteiger partial charge in [-0.2, -0.15) is 0 Å². The molecule has 0 bridgehead atoms. The quantitative estimate of drug-likeness (QED) is 0.643. The number of likely N-dealkylation sites (tertiary alicyclic amines) is 1. The molecule has 1 N–H and O–H groups in total. The standard InChI is InChI=1S/C18H24N2O3/c1-20-15(12-18(22)23-2)9-10-16(20)13-19-17(21)11-8-14-6-4-3-5-7-14/h3-8,11,15-16H,9-10,12-13H2,1-2H3,(H,19,21)/t15-,16+/m1/s1. The van der Waals surface area contributed by atoms with Crippen molar-refractivity contribution in [2.45, 2.75) is 31.3 Å². The van der Waals surface area contributed by atoms with Crippen molar-refractivity contribution in [3.8, 4) is 0 Å². The number of esters is 1. The van der Waals surface area contributed by atoms with Gasteiger partial charge in [0.25, 0.3) is 0 Å². The van der Waals surface area contributed by atoms with Crippen molar-refractivity contribution < 1.29 is 14.3 Å². The van der Waals surface area contributed by atoms with Crippen molar-refractivity contribution in [2.75, 3.05) is 20.7 Å². The van der Waals surface area contributed by atoms with E-state index in [2.05, 4.69) is 10.2 Å². The van der Waals surface area contributed by atoms with Gasteiger partial charge in [-0.05, 0) is 31.5 Å². The Balaban J connectivity index is 1.76. The second-order valence-electron chi connectivity index (χ2n) is 5.82. The molecule has 0 spiro atoms. The Hall–Kier alpha value is -2.14. The predicted molar refractivity (Wildman–Crippen MR) is 89.7 cm³/mol. The summed E-state index contributed by atoms with van der Waals surface area (Å²) in [6.45, 7) is 0.589. The maximum atomic E-state index is 11.9. The molecule has 2 atom stereocenters. The van der Waals surface area contributed by atoms with E-state index in [1.54, 1.807) is 12.2 Å². The molecule has 124 valence electrons. The van der Waals surface area contributed by atoms with Gasteiger partial charge in [0.2, 0.25) is 5.91 Å². The second kappa shape index (κ2) is 8.48. The van der Waals surface area contributed by atoms with Crippen molar-refractivity contribution in [3.63, 3.8) is 0 Å². The van der Waals surface area contributed by atoms with Crippen molar-refractivity contribution in [3.05, 3.63) is 42.0 Å². The highest BCUT2D eigenvalue weighted by Gasteiger charge is 2.31. The lowest BCUT2D eigenvalue weighted by molar-refractivity contribution is -0.141. The summed E-state index contributed by atoms with van der Waals surface area (Å²) in [5.74, 6) is -0.281. The first-order valence-electron chi connectivity index (χ1n) is 7.90. The molecule has 5 heteroatoms. The smallest absolute Gasteiger partial charge is 0.307 e. The van der Waals surface area contributed by atoms with Gasteiger partial charge in [0.15, 0.2) is 0 Å². The molecule has 1 fully saturated rings. The number of ether oxygens (including phenoxy) is 1. The Labute approximate surface area is 137 Å². The minimum Gasteiger partial charge on any atom is -0.469 e. The van der Waals surface area contributed by atoms with Crippen LogP contribution in [0.15, 0.2) is 36.4 Å². The van der Waals surface area contributed by atoms with Crippen LogP contribution in [-0.2, 0) is 14.3 Å². The average molecular weight is 316 g/mol. The van der Waals surface area contributed by atoms with E-state index < -0.39 is 0 Å². The number of methoxy groups -OCH3 is 1. The summed E-state index contributed by atoms with van der Waals surface area (Å²) >= 11 is 0. The fourth-order valence-corrected chi connectivity index (χ4v) is 2.87. The summed E-state index contributed by atoms with van der Waals surface area (Å²) in [7, 11) is 3.41. The number of rotatable bonds is 6. The summed E-state index contributed by atoms with van der Waals surface area (Å²) in [5.41, 5.74) is 0.999. The molecule has 2 rings (SSSR count). The van der Waals surface area contributed by atoms with Gasteiger partial charge in [-0.3, -0.25) is 14.5 Å². The molecule has 0 unspecified atom stereocenters. The number of likely N-dealkylation sites (N-methyl/N-ethyl adjacent to an activating group) is 1. The SMILES string of the molecule is COC(=O)C[C@H]1CC[C@@H](CNC(=O)C=Cc2ccccc2)N1C. The Kier molecular flexibility index (Phi) is 6.35. The van der Waals surface area contributed by atoms with Gasteiger partial charge >= 0.3 is 5.97 Å². The zero-order valence-corrected chi connectivity index (χ0v) is 13.7. The summed E-state index contributed by atoms with van der Waals surface area (Å²) < 4.78 is 4.72. The molecule has 1 aromatic rings. The number of amides is 1. The van der Waals surface area contributed by atoms with E-state index in [0.29, 0.717) is 13.0 Å². The summed E-state index contributed by atoms with van der Waals surface area (Å²) in [4.78, 5) is 25.4. The molecular formula is C18H24N2O3. The van der Waals surface area contributed by atoms with Crippen molar-refractivity contribution >= 4 is 18.0 Å². The van der Waals surface area contributed by atoms with E-state index in [0.717, 1.165) is 18.4 Å². The maximum Gasteiger partial charge on any atom is 0.307 e. The van der Waals surface area contributed by atoms with E-state index >= 15 is 0 Å². The first kappa shape index (κ1) is 17.2. The minimum atomic E-state index is -0.183. The zero-order chi connectivity index (χ0) is 16.7. The van der Waals surface area contributed by atoms with Gasteiger partial charge < -0.3 is 10.1 Å². The molecule has 0 aliphatic carbocycles. The van der Waals surface area contributed by atoms with Crippen LogP contribution < -0.4 is 5.32 Å². The van der Waals surface area contributed by atoms with Gasteiger partial charge in [0.05, 0.1) is 13.5 Å². The molecule has 1 heterocycles. The predicted octanol–water partition coefficient (Wildman–Crippen LogP) is 1.84. The van der Waals surface area contributed by atoms with Crippen molar-refractivity contribution in [1.29, 1.82) is 0 Å². The fourth-order valence-electron chi connectivity index (χ4n) is 2.87. The number of hydrogen-bond donors (Lipinski definition) is 1. The Morgan fingerprint density at radius 2 is 1.96 bits per heavy atom. The molecule has 1 aliphatic rings. The lowest BCUT2D eigenvalue weighted by Crippen LogP contribution is -2.41. The van der Waals surface area contributed by atoms with Crippen LogP contribution >= 0.6 is 0 Å². The van der Waals surface area contributed by atoms with Crippen LogP contribution in [0.5, 0.6) is 0 Å². The highest BCUT2D eigenvalue weighted by molar-refractivity contribution is 5.91. The largest absolute Gasteiger partial charge is 0.469 e. The van der Waals surface area contributed by atoms with E-state index in [9.17, 15) is 9.59 Å². The summed E-state index contributed by atoms with van der Waals surface area (Å²) in [6.07, 6.45) is 5.68. The number of hydrogen-bond acceptors (Lipinski definition) is 4. The lowest BCUT2D eigenvalue weighted by Gasteiger charge is -2.25. The first-order valence-corrected chi connectivity index (χ1v) is 7.90. The molecule has 1 aromatic carbocycles. The van der Waals surface area contributed by atoms with Crippen LogP contribution in [-0.4, -0.2) is 49.6 Å². The van der Waals surface area contributed by atoms with E-state index in [1.807, 2.05) is 37.4 Å². The third kappa shape index (κ3) is 5.21. The summed E-state index contributed by atoms with van der Waals surface area (Å²) in [6, 6.07) is 10.2. The van der Waals surface area contributed by atoms with Crippen LogP contribution in [0.4, 0.5) is 0 Å². The zero-order valence-electron chi connectivity index (χ0n) is 13.7. The molecular weight excluding hydrogens is 292 g/mol. The van der Waals surface area contributed by atoms with E-state index in [1.165, 1.54) is 7.11 Å². The highest BCUT2D eigenvalue weighted by atomic mass is 16.5. The molecule has 23 heavy (non-hydrogen) atoms. The lowest BCUT2D eigenvalue weighted by atomic mass is 10.1. The number of carbonyl (C=O) groups excluding carboxylic acids is 2. The summed E-state index contributed by atoms with van der Waals surface area (Å²) in [5, 5.41) is 2.93. The topological polar surface area (TPSA) is 58.6 Å². The molecule has 1 saturated heterocycles. The highest BCUT2D eigenvalue weighted by Crippen LogP contribution is 2.24. The molecule has 1 amide bonds. The van der Waals surface area contributed by atoms with Gasteiger partial charge in [0.1, 0.15) is 0 Å². The third-order valence-corrected chi connectivity index (χ3v) is 4.35. The number of nitrogens with zero attached hydrogens (tertiary/aromatic N) is 1.